The topological polar surface area (TPSA) is 83.6 Å². The maximum Gasteiger partial charge on any atom is 0.264 e. The highest BCUT2D eigenvalue weighted by atomic mass is 32.2. The van der Waals surface area contributed by atoms with Crippen LogP contribution in [0.1, 0.15) is 23.6 Å². The largest absolute Gasteiger partial charge is 0.283 e. The van der Waals surface area contributed by atoms with E-state index < -0.39 is 20.0 Å². The zero-order chi connectivity index (χ0) is 19.7. The molecule has 6 nitrogen and oxygen atoms in total. The average molecular weight is 397 g/mol. The van der Waals surface area contributed by atoms with Gasteiger partial charge >= 0.3 is 0 Å². The lowest BCUT2D eigenvalue weighted by Gasteiger charge is -2.26. The molecule has 2 rings (SSSR count). The van der Waals surface area contributed by atoms with Crippen molar-refractivity contribution >= 4 is 31.4 Å². The highest BCUT2D eigenvalue weighted by Crippen LogP contribution is 2.34. The van der Waals surface area contributed by atoms with E-state index in [0.29, 0.717) is 28.1 Å². The summed E-state index contributed by atoms with van der Waals surface area (Å²) in [5, 5.41) is 0. The molecule has 0 amide bonds. The van der Waals surface area contributed by atoms with Crippen molar-refractivity contribution in [1.82, 2.24) is 0 Å². The van der Waals surface area contributed by atoms with Crippen molar-refractivity contribution in [2.45, 2.75) is 32.6 Å². The van der Waals surface area contributed by atoms with Gasteiger partial charge in [0.05, 0.1) is 22.5 Å². The molecule has 0 fully saturated rings. The fourth-order valence-electron chi connectivity index (χ4n) is 3.10. The van der Waals surface area contributed by atoms with Gasteiger partial charge in [0.1, 0.15) is 0 Å². The molecule has 0 saturated carbocycles. The third kappa shape index (κ3) is 4.02. The second-order valence-electron chi connectivity index (χ2n) is 6.22. The Balaban J connectivity index is 2.71. The van der Waals surface area contributed by atoms with Gasteiger partial charge in [-0.25, -0.2) is 16.8 Å². The molecular weight excluding hydrogens is 372 g/mol. The summed E-state index contributed by atoms with van der Waals surface area (Å²) in [7, 11) is -7.40. The Labute approximate surface area is 156 Å². The lowest BCUT2D eigenvalue weighted by molar-refractivity contribution is 0.590. The molecule has 0 unspecified atom stereocenters. The van der Waals surface area contributed by atoms with Crippen LogP contribution >= 0.6 is 0 Å². The van der Waals surface area contributed by atoms with E-state index in [1.54, 1.807) is 58.0 Å². The monoisotopic (exact) mass is 396 g/mol. The Kier molecular flexibility index (Phi) is 5.67. The first-order chi connectivity index (χ1) is 12.0. The minimum atomic E-state index is -3.86. The standard InChI is InChI=1S/C18H24N2O4S2/c1-6-20(16-10-8-7-9-11-16)26(23,24)18-14(3)12-13(2)17(15(18)4)19-25(5,21)22/h7-12,19H,6H2,1-5H3. The van der Waals surface area contributed by atoms with Gasteiger partial charge in [-0.15, -0.1) is 0 Å². The molecule has 0 radical (unpaired) electrons. The molecule has 0 saturated heterocycles. The van der Waals surface area contributed by atoms with Crippen LogP contribution in [0.2, 0.25) is 0 Å². The van der Waals surface area contributed by atoms with E-state index in [1.807, 2.05) is 6.07 Å². The number of rotatable bonds is 6. The zero-order valence-corrected chi connectivity index (χ0v) is 17.2. The molecule has 26 heavy (non-hydrogen) atoms. The van der Waals surface area contributed by atoms with Crippen LogP contribution in [0.5, 0.6) is 0 Å². The second kappa shape index (κ2) is 7.28. The van der Waals surface area contributed by atoms with E-state index >= 15 is 0 Å². The second-order valence-corrected chi connectivity index (χ2v) is 9.77. The molecule has 0 bridgehead atoms. The number of anilines is 2. The Bertz CT molecular complexity index is 1010. The Morgan fingerprint density at radius 2 is 1.54 bits per heavy atom. The first-order valence-electron chi connectivity index (χ1n) is 8.15. The van der Waals surface area contributed by atoms with Gasteiger partial charge in [-0.2, -0.15) is 0 Å². The SMILES string of the molecule is CCN(c1ccccc1)S(=O)(=O)c1c(C)cc(C)c(NS(C)(=O)=O)c1C. The first-order valence-corrected chi connectivity index (χ1v) is 11.5. The van der Waals surface area contributed by atoms with Crippen molar-refractivity contribution in [1.29, 1.82) is 0 Å². The number of hydrogen-bond donors (Lipinski definition) is 1. The van der Waals surface area contributed by atoms with Gasteiger partial charge in [-0.3, -0.25) is 9.03 Å². The van der Waals surface area contributed by atoms with Gasteiger partial charge in [0.2, 0.25) is 10.0 Å². The summed E-state index contributed by atoms with van der Waals surface area (Å²) in [5.74, 6) is 0. The van der Waals surface area contributed by atoms with Gasteiger partial charge in [0.25, 0.3) is 10.0 Å². The Morgan fingerprint density at radius 3 is 2.04 bits per heavy atom. The average Bonchev–Trinajstić information content (AvgIpc) is 2.51. The highest BCUT2D eigenvalue weighted by Gasteiger charge is 2.29. The molecule has 0 aromatic heterocycles. The number of nitrogens with zero attached hydrogens (tertiary/aromatic N) is 1. The lowest BCUT2D eigenvalue weighted by atomic mass is 10.1. The van der Waals surface area contributed by atoms with Gasteiger partial charge < -0.3 is 0 Å². The van der Waals surface area contributed by atoms with E-state index in [4.69, 9.17) is 0 Å². The van der Waals surface area contributed by atoms with E-state index in [9.17, 15) is 16.8 Å². The fourth-order valence-corrected chi connectivity index (χ4v) is 5.70. The maximum absolute atomic E-state index is 13.4. The number of benzene rings is 2. The number of aryl methyl sites for hydroxylation is 2. The van der Waals surface area contributed by atoms with Gasteiger partial charge in [-0.05, 0) is 56.5 Å². The van der Waals surface area contributed by atoms with Crippen LogP contribution in [-0.4, -0.2) is 29.6 Å². The van der Waals surface area contributed by atoms with E-state index in [1.165, 1.54) is 4.31 Å². The first kappa shape index (κ1) is 20.3. The Morgan fingerprint density at radius 1 is 0.962 bits per heavy atom. The molecule has 2 aromatic rings. The third-order valence-corrected chi connectivity index (χ3v) is 6.84. The summed E-state index contributed by atoms with van der Waals surface area (Å²) in [6, 6.07) is 10.5. The molecule has 1 N–H and O–H groups in total. The number of para-hydroxylation sites is 1. The van der Waals surface area contributed by atoms with E-state index in [2.05, 4.69) is 4.72 Å². The van der Waals surface area contributed by atoms with Crippen molar-refractivity contribution in [3.8, 4) is 0 Å². The molecule has 0 spiro atoms. The summed E-state index contributed by atoms with van der Waals surface area (Å²) in [6.07, 6.45) is 1.04. The lowest BCUT2D eigenvalue weighted by Crippen LogP contribution is -2.32. The molecule has 142 valence electrons. The summed E-state index contributed by atoms with van der Waals surface area (Å²) < 4.78 is 53.9. The molecule has 0 aliphatic rings. The molecular formula is C18H24N2O4S2. The van der Waals surface area contributed by atoms with Gasteiger partial charge in [0.15, 0.2) is 0 Å². The fraction of sp³-hybridized carbons (Fsp3) is 0.333. The molecule has 8 heteroatoms. The van der Waals surface area contributed by atoms with Gasteiger partial charge in [-0.1, -0.05) is 24.3 Å². The zero-order valence-electron chi connectivity index (χ0n) is 15.6. The predicted octanol–water partition coefficient (Wildman–Crippen LogP) is 3.20. The smallest absolute Gasteiger partial charge is 0.264 e. The van der Waals surface area contributed by atoms with E-state index in [0.717, 1.165) is 6.26 Å². The van der Waals surface area contributed by atoms with Crippen molar-refractivity contribution in [2.24, 2.45) is 0 Å². The summed E-state index contributed by atoms with van der Waals surface area (Å²) >= 11 is 0. The number of sulfonamides is 2. The van der Waals surface area contributed by atoms with Crippen LogP contribution in [0.4, 0.5) is 11.4 Å². The molecule has 0 aliphatic carbocycles. The van der Waals surface area contributed by atoms with Gasteiger partial charge in [0, 0.05) is 6.54 Å². The Hall–Kier alpha value is -2.06. The molecule has 0 heterocycles. The van der Waals surface area contributed by atoms with Crippen molar-refractivity contribution < 1.29 is 16.8 Å². The third-order valence-electron chi connectivity index (χ3n) is 4.07. The number of hydrogen-bond acceptors (Lipinski definition) is 4. The molecule has 0 aliphatic heterocycles. The van der Waals surface area contributed by atoms with Crippen LogP contribution in [0.3, 0.4) is 0 Å². The predicted molar refractivity (Wildman–Crippen MR) is 106 cm³/mol. The van der Waals surface area contributed by atoms with E-state index in [-0.39, 0.29) is 11.4 Å². The van der Waals surface area contributed by atoms with Crippen LogP contribution in [0.25, 0.3) is 0 Å². The van der Waals surface area contributed by atoms with Crippen molar-refractivity contribution in [3.63, 3.8) is 0 Å². The summed E-state index contributed by atoms with van der Waals surface area (Å²) in [4.78, 5) is 0.125. The normalized spacial score (nSPS) is 12.0. The minimum Gasteiger partial charge on any atom is -0.283 e. The summed E-state index contributed by atoms with van der Waals surface area (Å²) in [5.41, 5.74) is 2.51. The van der Waals surface area contributed by atoms with Crippen LogP contribution in [0.15, 0.2) is 41.3 Å². The minimum absolute atomic E-state index is 0.125. The maximum atomic E-state index is 13.4. The number of nitrogens with one attached hydrogen (secondary N) is 1. The quantitative estimate of drug-likeness (QED) is 0.813. The molecule has 0 atom stereocenters. The summed E-state index contributed by atoms with van der Waals surface area (Å²) in [6.45, 7) is 7.11. The van der Waals surface area contributed by atoms with Crippen LogP contribution in [-0.2, 0) is 20.0 Å². The van der Waals surface area contributed by atoms with Crippen molar-refractivity contribution in [2.75, 3.05) is 21.8 Å². The van der Waals surface area contributed by atoms with Crippen molar-refractivity contribution in [3.05, 3.63) is 53.1 Å². The van der Waals surface area contributed by atoms with Crippen LogP contribution in [0, 0.1) is 20.8 Å². The molecule has 2 aromatic carbocycles. The van der Waals surface area contributed by atoms with Crippen LogP contribution < -0.4 is 9.03 Å². The highest BCUT2D eigenvalue weighted by molar-refractivity contribution is 7.93.